The average molecular weight is 569 g/mol. The second-order valence-electron chi connectivity index (χ2n) is 8.65. The fourth-order valence-electron chi connectivity index (χ4n) is 4.29. The Morgan fingerprint density at radius 1 is 0.381 bits per heavy atom. The Morgan fingerprint density at radius 2 is 0.571 bits per heavy atom. The van der Waals surface area contributed by atoms with Gasteiger partial charge in [-0.05, 0) is 48.5 Å². The van der Waals surface area contributed by atoms with Crippen LogP contribution in [0.5, 0.6) is 23.0 Å². The van der Waals surface area contributed by atoms with Crippen molar-refractivity contribution in [2.75, 3.05) is 28.4 Å². The molecule has 0 bridgehead atoms. The highest BCUT2D eigenvalue weighted by molar-refractivity contribution is 6.19. The van der Waals surface area contributed by atoms with Crippen LogP contribution >= 0.6 is 0 Å². The Hall–Kier alpha value is -5.64. The molecule has 0 aliphatic carbocycles. The highest BCUT2D eigenvalue weighted by Gasteiger charge is 2.41. The standard InChI is InChI=1S/C32H28N2O8/c1-39-25-17-9-5-13-21(25)29(35)33(30(36)22-14-6-10-18-26(22)40-2)34(31(37)23-15-7-11-19-27(23)41-3)32(38)24-16-8-12-20-28(24)42-4/h5-20H,1-4H3. The first-order valence-corrected chi connectivity index (χ1v) is 12.7. The zero-order chi connectivity index (χ0) is 30.2. The van der Waals surface area contributed by atoms with Crippen LogP contribution in [0.4, 0.5) is 0 Å². The molecule has 0 aliphatic heterocycles. The third-order valence-electron chi connectivity index (χ3n) is 6.32. The van der Waals surface area contributed by atoms with Crippen LogP contribution < -0.4 is 18.9 Å². The molecule has 0 saturated heterocycles. The number of methoxy groups -OCH3 is 4. The molecule has 0 aliphatic rings. The third kappa shape index (κ3) is 5.64. The van der Waals surface area contributed by atoms with Gasteiger partial charge in [0.2, 0.25) is 0 Å². The second kappa shape index (κ2) is 13.1. The number of rotatable bonds is 8. The number of carbonyl (C=O) groups is 4. The fraction of sp³-hybridized carbons (Fsp3) is 0.125. The van der Waals surface area contributed by atoms with Gasteiger partial charge in [0.25, 0.3) is 23.6 Å². The van der Waals surface area contributed by atoms with Gasteiger partial charge in [-0.15, -0.1) is 0 Å². The first-order chi connectivity index (χ1) is 20.4. The molecule has 0 fully saturated rings. The van der Waals surface area contributed by atoms with Gasteiger partial charge in [-0.25, -0.2) is 0 Å². The quantitative estimate of drug-likeness (QED) is 0.218. The smallest absolute Gasteiger partial charge is 0.284 e. The van der Waals surface area contributed by atoms with Crippen molar-refractivity contribution < 1.29 is 38.1 Å². The van der Waals surface area contributed by atoms with Gasteiger partial charge in [-0.2, -0.15) is 10.0 Å². The number of hydrogen-bond donors (Lipinski definition) is 0. The summed E-state index contributed by atoms with van der Waals surface area (Å²) < 4.78 is 21.5. The molecule has 4 aromatic rings. The van der Waals surface area contributed by atoms with Crippen molar-refractivity contribution in [2.45, 2.75) is 0 Å². The van der Waals surface area contributed by atoms with Crippen molar-refractivity contribution in [3.8, 4) is 23.0 Å². The van der Waals surface area contributed by atoms with Gasteiger partial charge in [0.15, 0.2) is 0 Å². The van der Waals surface area contributed by atoms with Crippen LogP contribution in [0.2, 0.25) is 0 Å². The summed E-state index contributed by atoms with van der Waals surface area (Å²) in [6.45, 7) is 0. The van der Waals surface area contributed by atoms with Crippen molar-refractivity contribution in [3.63, 3.8) is 0 Å². The molecule has 0 heterocycles. The molecule has 214 valence electrons. The molecule has 10 nitrogen and oxygen atoms in total. The minimum absolute atomic E-state index is 0.0751. The molecular formula is C32H28N2O8. The van der Waals surface area contributed by atoms with E-state index in [1.165, 1.54) is 77.0 Å². The monoisotopic (exact) mass is 568 g/mol. The van der Waals surface area contributed by atoms with E-state index in [-0.39, 0.29) is 45.3 Å². The summed E-state index contributed by atoms with van der Waals surface area (Å²) in [4.78, 5) is 57.3. The lowest BCUT2D eigenvalue weighted by Gasteiger charge is -2.32. The Kier molecular flexibility index (Phi) is 9.18. The van der Waals surface area contributed by atoms with E-state index in [1.54, 1.807) is 48.5 Å². The molecule has 0 N–H and O–H groups in total. The lowest BCUT2D eigenvalue weighted by molar-refractivity contribution is 0.00245. The predicted molar refractivity (Wildman–Crippen MR) is 153 cm³/mol. The molecule has 4 rings (SSSR count). The van der Waals surface area contributed by atoms with Gasteiger partial charge in [-0.3, -0.25) is 19.2 Å². The zero-order valence-electron chi connectivity index (χ0n) is 23.4. The highest BCUT2D eigenvalue weighted by atomic mass is 16.5. The van der Waals surface area contributed by atoms with Crippen molar-refractivity contribution >= 4 is 23.6 Å². The SMILES string of the molecule is COc1ccccc1C(=O)N(C(=O)c1ccccc1OC)N(C(=O)c1ccccc1OC)C(=O)c1ccccc1OC. The summed E-state index contributed by atoms with van der Waals surface area (Å²) in [5.74, 6) is -3.54. The van der Waals surface area contributed by atoms with Gasteiger partial charge in [0, 0.05) is 0 Å². The number of hydrazine groups is 1. The largest absolute Gasteiger partial charge is 0.496 e. The molecule has 0 radical (unpaired) electrons. The van der Waals surface area contributed by atoms with Crippen LogP contribution in [0.3, 0.4) is 0 Å². The first kappa shape index (κ1) is 29.3. The van der Waals surface area contributed by atoms with Crippen molar-refractivity contribution in [1.29, 1.82) is 0 Å². The van der Waals surface area contributed by atoms with Gasteiger partial charge in [0.05, 0.1) is 50.7 Å². The fourth-order valence-corrected chi connectivity index (χ4v) is 4.29. The first-order valence-electron chi connectivity index (χ1n) is 12.7. The van der Waals surface area contributed by atoms with E-state index < -0.39 is 23.6 Å². The van der Waals surface area contributed by atoms with Gasteiger partial charge < -0.3 is 18.9 Å². The Bertz CT molecular complexity index is 1390. The Labute approximate surface area is 242 Å². The number of carbonyl (C=O) groups excluding carboxylic acids is 4. The summed E-state index contributed by atoms with van der Waals surface area (Å²) in [6.07, 6.45) is 0. The summed E-state index contributed by atoms with van der Waals surface area (Å²) in [5, 5.41) is 0.971. The van der Waals surface area contributed by atoms with E-state index in [4.69, 9.17) is 18.9 Å². The zero-order valence-corrected chi connectivity index (χ0v) is 23.4. The average Bonchev–Trinajstić information content (AvgIpc) is 3.05. The van der Waals surface area contributed by atoms with Crippen LogP contribution in [0.15, 0.2) is 97.1 Å². The highest BCUT2D eigenvalue weighted by Crippen LogP contribution is 2.30. The molecular weight excluding hydrogens is 540 g/mol. The predicted octanol–water partition coefficient (Wildman–Crippen LogP) is 4.90. The summed E-state index contributed by atoms with van der Waals surface area (Å²) in [5.41, 5.74) is -0.300. The number of hydrogen-bond acceptors (Lipinski definition) is 8. The van der Waals surface area contributed by atoms with Crippen molar-refractivity contribution in [2.24, 2.45) is 0 Å². The Morgan fingerprint density at radius 3 is 0.762 bits per heavy atom. The van der Waals surface area contributed by atoms with Crippen LogP contribution in [0, 0.1) is 0 Å². The summed E-state index contributed by atoms with van der Waals surface area (Å²) in [7, 11) is 5.43. The number of ether oxygens (including phenoxy) is 4. The molecule has 10 heteroatoms. The number of amides is 4. The van der Waals surface area contributed by atoms with Crippen molar-refractivity contribution in [3.05, 3.63) is 119 Å². The van der Waals surface area contributed by atoms with Crippen LogP contribution in [0.1, 0.15) is 41.4 Å². The van der Waals surface area contributed by atoms with Crippen LogP contribution in [-0.2, 0) is 0 Å². The maximum Gasteiger partial charge on any atom is 0.284 e. The van der Waals surface area contributed by atoms with E-state index in [0.717, 1.165) is 0 Å². The molecule has 0 aromatic heterocycles. The maximum atomic E-state index is 14.3. The molecule has 0 spiro atoms. The number of benzene rings is 4. The summed E-state index contributed by atoms with van der Waals surface area (Å²) in [6, 6.07) is 24.6. The minimum atomic E-state index is -1.00. The molecule has 42 heavy (non-hydrogen) atoms. The Balaban J connectivity index is 2.03. The molecule has 0 saturated carbocycles. The van der Waals surface area contributed by atoms with Crippen LogP contribution in [0.25, 0.3) is 0 Å². The van der Waals surface area contributed by atoms with Crippen molar-refractivity contribution in [1.82, 2.24) is 10.0 Å². The molecule has 0 atom stereocenters. The topological polar surface area (TPSA) is 112 Å². The summed E-state index contributed by atoms with van der Waals surface area (Å²) >= 11 is 0. The molecule has 0 unspecified atom stereocenters. The third-order valence-corrected chi connectivity index (χ3v) is 6.32. The van der Waals surface area contributed by atoms with Gasteiger partial charge >= 0.3 is 0 Å². The minimum Gasteiger partial charge on any atom is -0.496 e. The van der Waals surface area contributed by atoms with E-state index >= 15 is 0 Å². The van der Waals surface area contributed by atoms with Crippen LogP contribution in [-0.4, -0.2) is 62.1 Å². The lowest BCUT2D eigenvalue weighted by atomic mass is 10.1. The number of para-hydroxylation sites is 4. The van der Waals surface area contributed by atoms with E-state index in [9.17, 15) is 19.2 Å². The number of nitrogens with zero attached hydrogens (tertiary/aromatic N) is 2. The number of imide groups is 2. The normalized spacial score (nSPS) is 10.3. The van der Waals surface area contributed by atoms with E-state index in [0.29, 0.717) is 10.0 Å². The van der Waals surface area contributed by atoms with Gasteiger partial charge in [0.1, 0.15) is 23.0 Å². The molecule has 4 aromatic carbocycles. The lowest BCUT2D eigenvalue weighted by Crippen LogP contribution is -2.55. The van der Waals surface area contributed by atoms with E-state index in [2.05, 4.69) is 0 Å². The van der Waals surface area contributed by atoms with Gasteiger partial charge in [-0.1, -0.05) is 48.5 Å². The maximum absolute atomic E-state index is 14.3. The van der Waals surface area contributed by atoms with E-state index in [1.807, 2.05) is 0 Å². The molecule has 4 amide bonds. The second-order valence-corrected chi connectivity index (χ2v) is 8.65.